The summed E-state index contributed by atoms with van der Waals surface area (Å²) in [6.07, 6.45) is 1.16. The van der Waals surface area contributed by atoms with Crippen molar-refractivity contribution in [2.45, 2.75) is 18.8 Å². The molecular formula is C11H12N2O2. The topological polar surface area (TPSA) is 61.7 Å². The summed E-state index contributed by atoms with van der Waals surface area (Å²) in [5.41, 5.74) is 1.06. The number of hydrogen-bond donors (Lipinski definition) is 2. The summed E-state index contributed by atoms with van der Waals surface area (Å²) in [6.45, 7) is 0. The van der Waals surface area contributed by atoms with Gasteiger partial charge in [-0.2, -0.15) is 0 Å². The molecular weight excluding hydrogens is 192 g/mol. The van der Waals surface area contributed by atoms with Gasteiger partial charge in [0.1, 0.15) is 0 Å². The Kier molecular flexibility index (Phi) is 2.67. The average molecular weight is 204 g/mol. The Labute approximate surface area is 87.6 Å². The molecule has 2 N–H and O–H groups in total. The van der Waals surface area contributed by atoms with Gasteiger partial charge in [-0.15, -0.1) is 0 Å². The lowest BCUT2D eigenvalue weighted by Gasteiger charge is -2.23. The molecule has 1 aromatic carbocycles. The van der Waals surface area contributed by atoms with E-state index in [4.69, 9.17) is 5.21 Å². The zero-order valence-corrected chi connectivity index (χ0v) is 8.18. The summed E-state index contributed by atoms with van der Waals surface area (Å²) in [7, 11) is 0. The zero-order chi connectivity index (χ0) is 10.7. The molecule has 4 nitrogen and oxygen atoms in total. The van der Waals surface area contributed by atoms with Gasteiger partial charge >= 0.3 is 0 Å². The number of nitrogens with one attached hydrogen (secondary N) is 1. The van der Waals surface area contributed by atoms with E-state index in [1.807, 2.05) is 30.3 Å². The minimum absolute atomic E-state index is 0.00565. The van der Waals surface area contributed by atoms with Crippen molar-refractivity contribution >= 4 is 11.7 Å². The number of amidine groups is 1. The van der Waals surface area contributed by atoms with E-state index in [0.29, 0.717) is 18.7 Å². The summed E-state index contributed by atoms with van der Waals surface area (Å²) in [5, 5.41) is 14.5. The normalized spacial score (nSPS) is 23.9. The second-order valence-electron chi connectivity index (χ2n) is 3.54. The van der Waals surface area contributed by atoms with Crippen molar-refractivity contribution in [3.8, 4) is 0 Å². The molecule has 1 atom stereocenters. The van der Waals surface area contributed by atoms with Crippen molar-refractivity contribution in [3.63, 3.8) is 0 Å². The maximum atomic E-state index is 11.1. The van der Waals surface area contributed by atoms with E-state index >= 15 is 0 Å². The highest BCUT2D eigenvalue weighted by atomic mass is 16.4. The molecule has 0 radical (unpaired) electrons. The van der Waals surface area contributed by atoms with Crippen LogP contribution in [0.25, 0.3) is 0 Å². The third-order valence-electron chi connectivity index (χ3n) is 2.57. The van der Waals surface area contributed by atoms with Crippen LogP contribution in [0.1, 0.15) is 24.3 Å². The molecule has 0 aromatic heterocycles. The Hall–Kier alpha value is -1.84. The lowest BCUT2D eigenvalue weighted by molar-refractivity contribution is -0.120. The fourth-order valence-corrected chi connectivity index (χ4v) is 1.81. The molecule has 1 amide bonds. The second kappa shape index (κ2) is 4.13. The Bertz CT molecular complexity index is 387. The zero-order valence-electron chi connectivity index (χ0n) is 8.18. The number of rotatable bonds is 1. The molecule has 0 aliphatic carbocycles. The van der Waals surface area contributed by atoms with E-state index < -0.39 is 0 Å². The third-order valence-corrected chi connectivity index (χ3v) is 2.57. The van der Waals surface area contributed by atoms with Crippen LogP contribution in [-0.4, -0.2) is 17.0 Å². The molecule has 15 heavy (non-hydrogen) atoms. The van der Waals surface area contributed by atoms with Crippen molar-refractivity contribution in [3.05, 3.63) is 35.9 Å². The highest BCUT2D eigenvalue weighted by molar-refractivity contribution is 6.03. The Morgan fingerprint density at radius 2 is 2.07 bits per heavy atom. The van der Waals surface area contributed by atoms with Crippen LogP contribution in [0.4, 0.5) is 0 Å². The monoisotopic (exact) mass is 204 g/mol. The van der Waals surface area contributed by atoms with Crippen LogP contribution >= 0.6 is 0 Å². The van der Waals surface area contributed by atoms with Gasteiger partial charge in [0.2, 0.25) is 5.91 Å². The van der Waals surface area contributed by atoms with Gasteiger partial charge in [-0.25, -0.2) is 0 Å². The van der Waals surface area contributed by atoms with Gasteiger partial charge < -0.3 is 10.5 Å². The number of nitrogens with zero attached hydrogens (tertiary/aromatic N) is 1. The maximum absolute atomic E-state index is 11.1. The first-order valence-electron chi connectivity index (χ1n) is 4.88. The lowest BCUT2D eigenvalue weighted by Crippen LogP contribution is -2.39. The third kappa shape index (κ3) is 1.98. The van der Waals surface area contributed by atoms with Crippen molar-refractivity contribution in [1.29, 1.82) is 0 Å². The van der Waals surface area contributed by atoms with Gasteiger partial charge in [0.05, 0.1) is 0 Å². The first kappa shape index (κ1) is 9.71. The van der Waals surface area contributed by atoms with E-state index in [9.17, 15) is 4.79 Å². The predicted molar refractivity (Wildman–Crippen MR) is 55.8 cm³/mol. The highest BCUT2D eigenvalue weighted by Gasteiger charge is 2.26. The largest absolute Gasteiger partial charge is 0.409 e. The van der Waals surface area contributed by atoms with Crippen molar-refractivity contribution in [2.75, 3.05) is 0 Å². The molecule has 1 aliphatic heterocycles. The fourth-order valence-electron chi connectivity index (χ4n) is 1.81. The molecule has 0 saturated carbocycles. The minimum atomic E-state index is -0.0880. The number of carbonyl (C=O) groups excluding carboxylic acids is 1. The first-order valence-corrected chi connectivity index (χ1v) is 4.88. The highest BCUT2D eigenvalue weighted by Crippen LogP contribution is 2.24. The minimum Gasteiger partial charge on any atom is -0.409 e. The van der Waals surface area contributed by atoms with Crippen LogP contribution in [0.2, 0.25) is 0 Å². The van der Waals surface area contributed by atoms with Gasteiger partial charge in [-0.3, -0.25) is 4.79 Å². The van der Waals surface area contributed by atoms with Crippen LogP contribution in [0.3, 0.4) is 0 Å². The van der Waals surface area contributed by atoms with E-state index in [0.717, 1.165) is 5.56 Å². The number of amides is 1. The van der Waals surface area contributed by atoms with Crippen molar-refractivity contribution in [2.24, 2.45) is 5.16 Å². The van der Waals surface area contributed by atoms with E-state index in [1.54, 1.807) is 0 Å². The van der Waals surface area contributed by atoms with Crippen LogP contribution in [0.15, 0.2) is 35.5 Å². The quantitative estimate of drug-likeness (QED) is 0.537. The van der Waals surface area contributed by atoms with Crippen molar-refractivity contribution < 1.29 is 10.0 Å². The summed E-state index contributed by atoms with van der Waals surface area (Å²) >= 11 is 0. The summed E-state index contributed by atoms with van der Waals surface area (Å²) in [4.78, 5) is 11.1. The molecule has 1 fully saturated rings. The van der Waals surface area contributed by atoms with Gasteiger partial charge in [0.15, 0.2) is 5.84 Å². The molecule has 1 aliphatic rings. The first-order chi connectivity index (χ1) is 7.31. The Morgan fingerprint density at radius 3 is 2.73 bits per heavy atom. The summed E-state index contributed by atoms with van der Waals surface area (Å²) in [5.74, 6) is 0.251. The van der Waals surface area contributed by atoms with Gasteiger partial charge in [0, 0.05) is 12.3 Å². The maximum Gasteiger partial charge on any atom is 0.225 e. The van der Waals surface area contributed by atoms with Gasteiger partial charge in [-0.1, -0.05) is 35.5 Å². The van der Waals surface area contributed by atoms with Crippen LogP contribution in [-0.2, 0) is 4.79 Å². The van der Waals surface area contributed by atoms with E-state index in [1.165, 1.54) is 0 Å². The fraction of sp³-hybridized carbons (Fsp3) is 0.273. The average Bonchev–Trinajstić information content (AvgIpc) is 2.30. The number of carbonyl (C=O) groups is 1. The standard InChI is InChI=1S/C11H12N2O2/c14-10-7-6-9(11(12-10)13-15)8-4-2-1-3-5-8/h1-5,9,15H,6-7H2,(H,12,13,14). The van der Waals surface area contributed by atoms with Crippen LogP contribution in [0.5, 0.6) is 0 Å². The molecule has 1 saturated heterocycles. The van der Waals surface area contributed by atoms with Gasteiger partial charge in [0.25, 0.3) is 0 Å². The molecule has 1 unspecified atom stereocenters. The molecule has 1 heterocycles. The van der Waals surface area contributed by atoms with E-state index in [2.05, 4.69) is 10.5 Å². The van der Waals surface area contributed by atoms with Gasteiger partial charge in [-0.05, 0) is 12.0 Å². The lowest BCUT2D eigenvalue weighted by atomic mass is 9.90. The Balaban J connectivity index is 2.26. The summed E-state index contributed by atoms with van der Waals surface area (Å²) < 4.78 is 0. The molecule has 2 rings (SSSR count). The van der Waals surface area contributed by atoms with E-state index in [-0.39, 0.29) is 11.8 Å². The number of piperidine rings is 1. The van der Waals surface area contributed by atoms with Crippen molar-refractivity contribution in [1.82, 2.24) is 5.32 Å². The SMILES string of the molecule is O=C1CCC(c2ccccc2)C(=NO)N1. The molecule has 4 heteroatoms. The predicted octanol–water partition coefficient (Wildman–Crippen LogP) is 1.47. The number of oxime groups is 1. The Morgan fingerprint density at radius 1 is 1.33 bits per heavy atom. The van der Waals surface area contributed by atoms with Crippen LogP contribution in [0, 0.1) is 0 Å². The number of hydrogen-bond acceptors (Lipinski definition) is 3. The summed E-state index contributed by atoms with van der Waals surface area (Å²) in [6, 6.07) is 9.73. The molecule has 1 aromatic rings. The second-order valence-corrected chi connectivity index (χ2v) is 3.54. The number of benzene rings is 1. The van der Waals surface area contributed by atoms with Crippen LogP contribution < -0.4 is 5.32 Å². The smallest absolute Gasteiger partial charge is 0.225 e. The molecule has 0 bridgehead atoms. The molecule has 78 valence electrons. The molecule has 0 spiro atoms.